The maximum absolute atomic E-state index is 12.1. The van der Waals surface area contributed by atoms with E-state index in [0.29, 0.717) is 17.8 Å². The average molecular weight is 474 g/mol. The first-order chi connectivity index (χ1) is 17.0. The first-order valence-corrected chi connectivity index (χ1v) is 11.2. The Morgan fingerprint density at radius 3 is 2.51 bits per heavy atom. The zero-order chi connectivity index (χ0) is 25.2. The van der Waals surface area contributed by atoms with Crippen molar-refractivity contribution in [1.29, 1.82) is 0 Å². The van der Waals surface area contributed by atoms with Crippen molar-refractivity contribution in [3.05, 3.63) is 93.5 Å². The number of aryl methyl sites for hydroxylation is 1. The smallest absolute Gasteiger partial charge is 0.340 e. The number of rotatable bonds is 10. The molecule has 1 heterocycles. The van der Waals surface area contributed by atoms with Crippen molar-refractivity contribution in [3.63, 3.8) is 0 Å². The highest BCUT2D eigenvalue weighted by Gasteiger charge is 2.14. The molecule has 0 spiro atoms. The molecule has 0 saturated heterocycles. The second-order valence-corrected chi connectivity index (χ2v) is 7.76. The fraction of sp³-hybridized carbons (Fsp3) is 0.269. The van der Waals surface area contributed by atoms with Gasteiger partial charge in [0.25, 0.3) is 0 Å². The van der Waals surface area contributed by atoms with Gasteiger partial charge in [0.1, 0.15) is 11.5 Å². The molecule has 0 atom stereocenters. The molecule has 0 radical (unpaired) electrons. The summed E-state index contributed by atoms with van der Waals surface area (Å²) >= 11 is 0. The summed E-state index contributed by atoms with van der Waals surface area (Å²) in [6.45, 7) is 2.67. The van der Waals surface area contributed by atoms with Crippen LogP contribution in [0.1, 0.15) is 47.2 Å². The van der Waals surface area contributed by atoms with Crippen molar-refractivity contribution in [1.82, 2.24) is 9.55 Å². The molecule has 2 aromatic carbocycles. The Bertz CT molecular complexity index is 1270. The number of ether oxygens (including phenoxy) is 2. The number of nitrogens with zero attached hydrogens (tertiary/aromatic N) is 5. The van der Waals surface area contributed by atoms with Gasteiger partial charge in [-0.15, -0.1) is 0 Å². The van der Waals surface area contributed by atoms with Gasteiger partial charge in [-0.05, 0) is 40.8 Å². The van der Waals surface area contributed by atoms with E-state index in [0.717, 1.165) is 41.8 Å². The van der Waals surface area contributed by atoms with Gasteiger partial charge >= 0.3 is 11.9 Å². The van der Waals surface area contributed by atoms with Crippen molar-refractivity contribution in [3.8, 4) is 11.1 Å². The number of benzene rings is 2. The van der Waals surface area contributed by atoms with E-state index >= 15 is 0 Å². The number of aromatic nitrogens is 2. The van der Waals surface area contributed by atoms with Crippen LogP contribution in [0, 0.1) is 0 Å². The minimum absolute atomic E-state index is 0.157. The highest BCUT2D eigenvalue weighted by atomic mass is 16.5. The van der Waals surface area contributed by atoms with E-state index in [4.69, 9.17) is 10.3 Å². The van der Waals surface area contributed by atoms with Crippen LogP contribution in [0.5, 0.6) is 0 Å². The number of hydrogen-bond acceptors (Lipinski definition) is 6. The van der Waals surface area contributed by atoms with E-state index < -0.39 is 5.97 Å². The van der Waals surface area contributed by atoms with Crippen molar-refractivity contribution >= 4 is 18.0 Å². The highest BCUT2D eigenvalue weighted by molar-refractivity contribution is 5.97. The Hall–Kier alpha value is -4.36. The summed E-state index contributed by atoms with van der Waals surface area (Å²) in [4.78, 5) is 31.3. The first-order valence-electron chi connectivity index (χ1n) is 11.2. The van der Waals surface area contributed by atoms with E-state index in [9.17, 15) is 9.59 Å². The maximum atomic E-state index is 12.1. The van der Waals surface area contributed by atoms with Crippen molar-refractivity contribution in [2.24, 2.45) is 5.11 Å². The van der Waals surface area contributed by atoms with Gasteiger partial charge in [-0.1, -0.05) is 60.9 Å². The largest absolute Gasteiger partial charge is 0.466 e. The molecule has 3 aromatic rings. The maximum Gasteiger partial charge on any atom is 0.340 e. The molecule has 0 N–H and O–H groups in total. The molecule has 9 heteroatoms. The highest BCUT2D eigenvalue weighted by Crippen LogP contribution is 2.25. The predicted molar refractivity (Wildman–Crippen MR) is 132 cm³/mol. The molecule has 180 valence electrons. The lowest BCUT2D eigenvalue weighted by molar-refractivity contribution is -0.136. The van der Waals surface area contributed by atoms with Gasteiger partial charge < -0.3 is 14.0 Å². The van der Waals surface area contributed by atoms with Crippen molar-refractivity contribution < 1.29 is 19.1 Å². The predicted octanol–water partition coefficient (Wildman–Crippen LogP) is 5.55. The molecule has 0 amide bonds. The van der Waals surface area contributed by atoms with Crippen LogP contribution >= 0.6 is 0 Å². The van der Waals surface area contributed by atoms with Gasteiger partial charge in [0.15, 0.2) is 0 Å². The van der Waals surface area contributed by atoms with Gasteiger partial charge in [0.05, 0.1) is 25.5 Å². The van der Waals surface area contributed by atoms with Gasteiger partial charge in [-0.2, -0.15) is 0 Å². The Kier molecular flexibility index (Phi) is 8.81. The van der Waals surface area contributed by atoms with E-state index in [1.165, 1.54) is 20.3 Å². The van der Waals surface area contributed by atoms with Crippen LogP contribution in [0.2, 0.25) is 0 Å². The zero-order valence-corrected chi connectivity index (χ0v) is 20.0. The molecule has 0 aliphatic rings. The minimum atomic E-state index is -0.727. The second kappa shape index (κ2) is 12.2. The molecule has 3 rings (SSSR count). The Morgan fingerprint density at radius 1 is 1.11 bits per heavy atom. The molecule has 0 bridgehead atoms. The number of methoxy groups -OCH3 is 2. The van der Waals surface area contributed by atoms with Gasteiger partial charge in [-0.25, -0.2) is 14.6 Å². The van der Waals surface area contributed by atoms with E-state index in [2.05, 4.69) is 26.7 Å². The molecule has 35 heavy (non-hydrogen) atoms. The quantitative estimate of drug-likeness (QED) is 0.126. The van der Waals surface area contributed by atoms with Crippen LogP contribution in [0.15, 0.2) is 65.5 Å². The fourth-order valence-electron chi connectivity index (χ4n) is 3.65. The zero-order valence-electron chi connectivity index (χ0n) is 20.0. The minimum Gasteiger partial charge on any atom is -0.466 e. The van der Waals surface area contributed by atoms with Crippen molar-refractivity contribution in [2.45, 2.75) is 32.7 Å². The van der Waals surface area contributed by atoms with Crippen LogP contribution in [0.25, 0.3) is 27.6 Å². The Balaban J connectivity index is 1.90. The number of hydrogen-bond donors (Lipinski definition) is 0. The summed E-state index contributed by atoms with van der Waals surface area (Å²) in [5, 5.41) is 3.42. The summed E-state index contributed by atoms with van der Waals surface area (Å²) < 4.78 is 11.6. The Labute approximate surface area is 203 Å². The summed E-state index contributed by atoms with van der Waals surface area (Å²) in [5.74, 6) is -0.241. The lowest BCUT2D eigenvalue weighted by Gasteiger charge is -2.10. The van der Waals surface area contributed by atoms with Crippen LogP contribution < -0.4 is 0 Å². The van der Waals surface area contributed by atoms with Crippen LogP contribution in [0.4, 0.5) is 0 Å². The molecule has 0 aliphatic carbocycles. The summed E-state index contributed by atoms with van der Waals surface area (Å²) in [6.07, 6.45) is 5.98. The normalized spacial score (nSPS) is 11.0. The van der Waals surface area contributed by atoms with E-state index in [-0.39, 0.29) is 11.7 Å². The molecule has 0 aliphatic heterocycles. The Morgan fingerprint density at radius 2 is 1.86 bits per heavy atom. The SMILES string of the molecule is CCCCc1nc(/C=C(\N=[N+]=[N-])C(=O)OC)cn1Cc1ccc(-c2ccccc2C(=O)OC)cc1. The first kappa shape index (κ1) is 25.3. The number of esters is 2. The number of unbranched alkanes of at least 4 members (excludes halogenated alkanes) is 1. The average Bonchev–Trinajstić information content (AvgIpc) is 3.27. The lowest BCUT2D eigenvalue weighted by Crippen LogP contribution is -2.05. The third kappa shape index (κ3) is 6.37. The van der Waals surface area contributed by atoms with Crippen LogP contribution in [-0.2, 0) is 27.2 Å². The molecule has 0 saturated carbocycles. The summed E-state index contributed by atoms with van der Waals surface area (Å²) in [6, 6.07) is 15.3. The molecule has 0 fully saturated rings. The summed E-state index contributed by atoms with van der Waals surface area (Å²) in [7, 11) is 2.59. The van der Waals surface area contributed by atoms with Gasteiger partial charge in [-0.3, -0.25) is 0 Å². The number of imidazole rings is 1. The lowest BCUT2D eigenvalue weighted by atomic mass is 9.98. The van der Waals surface area contributed by atoms with Crippen LogP contribution in [0.3, 0.4) is 0 Å². The van der Waals surface area contributed by atoms with Gasteiger partial charge in [0, 0.05) is 24.1 Å². The standard InChI is InChI=1S/C26H27N5O4/c1-4-5-10-24-28-20(15-23(29-30-27)26(33)35-3)17-31(24)16-18-11-13-19(14-12-18)21-8-6-7-9-22(21)25(32)34-2/h6-9,11-15,17H,4-5,10,16H2,1-3H3/b23-15-. The van der Waals surface area contributed by atoms with Crippen molar-refractivity contribution in [2.75, 3.05) is 14.2 Å². The summed E-state index contributed by atoms with van der Waals surface area (Å²) in [5.41, 5.74) is 12.4. The molecular formula is C26H27N5O4. The monoisotopic (exact) mass is 473 g/mol. The third-order valence-electron chi connectivity index (χ3n) is 5.41. The fourth-order valence-corrected chi connectivity index (χ4v) is 3.65. The number of azide groups is 1. The topological polar surface area (TPSA) is 119 Å². The number of carbonyl (C=O) groups is 2. The molecule has 1 aromatic heterocycles. The molecule has 9 nitrogen and oxygen atoms in total. The third-order valence-corrected chi connectivity index (χ3v) is 5.41. The second-order valence-electron chi connectivity index (χ2n) is 7.76. The van der Waals surface area contributed by atoms with Crippen LogP contribution in [-0.4, -0.2) is 35.7 Å². The number of carbonyl (C=O) groups excluding carboxylic acids is 2. The van der Waals surface area contributed by atoms with E-state index in [1.807, 2.05) is 47.2 Å². The molecular weight excluding hydrogens is 446 g/mol. The molecule has 0 unspecified atom stereocenters. The van der Waals surface area contributed by atoms with E-state index in [1.54, 1.807) is 12.1 Å². The van der Waals surface area contributed by atoms with Gasteiger partial charge in [0.2, 0.25) is 0 Å².